The fourth-order valence-electron chi connectivity index (χ4n) is 3.00. The second kappa shape index (κ2) is 11.7. The molecule has 1 amide bonds. The molecule has 1 saturated heterocycles. The third kappa shape index (κ3) is 6.83. The van der Waals surface area contributed by atoms with Crippen molar-refractivity contribution in [3.8, 4) is 0 Å². The normalized spacial score (nSPS) is 13.8. The summed E-state index contributed by atoms with van der Waals surface area (Å²) in [7, 11) is 0. The summed E-state index contributed by atoms with van der Waals surface area (Å²) in [5.74, 6) is 0.0784. The van der Waals surface area contributed by atoms with E-state index < -0.39 is 0 Å². The van der Waals surface area contributed by atoms with Gasteiger partial charge in [0.1, 0.15) is 0 Å². The van der Waals surface area contributed by atoms with Gasteiger partial charge in [-0.25, -0.2) is 0 Å². The van der Waals surface area contributed by atoms with Gasteiger partial charge < -0.3 is 15.5 Å². The second-order valence-corrected chi connectivity index (χ2v) is 6.14. The molecular formula is C19H26Cl2N4O. The van der Waals surface area contributed by atoms with Crippen molar-refractivity contribution >= 4 is 36.4 Å². The molecule has 0 saturated carbocycles. The van der Waals surface area contributed by atoms with Gasteiger partial charge in [0.15, 0.2) is 0 Å². The Labute approximate surface area is 167 Å². The molecule has 0 atom stereocenters. The molecule has 5 nitrogen and oxygen atoms in total. The standard InChI is InChI=1S/C19H24N4O.2ClH/c24-19(22-17-8-11-20-12-9-17)15-23(18-6-2-1-3-7-18)14-16-5-4-10-21-13-16;;/h1-7,10,13,17,20H,8-9,11-12,14-15H2,(H,22,24);2*1H. The number of anilines is 1. The Morgan fingerprint density at radius 2 is 1.85 bits per heavy atom. The first-order chi connectivity index (χ1) is 11.8. The number of aromatic nitrogens is 1. The lowest BCUT2D eigenvalue weighted by molar-refractivity contribution is -0.120. The largest absolute Gasteiger partial charge is 0.358 e. The molecule has 0 bridgehead atoms. The van der Waals surface area contributed by atoms with Crippen molar-refractivity contribution in [1.29, 1.82) is 0 Å². The van der Waals surface area contributed by atoms with Crippen molar-refractivity contribution < 1.29 is 4.79 Å². The Morgan fingerprint density at radius 3 is 2.50 bits per heavy atom. The highest BCUT2D eigenvalue weighted by Gasteiger charge is 2.18. The van der Waals surface area contributed by atoms with E-state index in [1.54, 1.807) is 6.20 Å². The van der Waals surface area contributed by atoms with Crippen molar-refractivity contribution in [3.05, 3.63) is 60.4 Å². The zero-order valence-corrected chi connectivity index (χ0v) is 16.3. The van der Waals surface area contributed by atoms with Crippen LogP contribution in [0.4, 0.5) is 5.69 Å². The molecule has 0 spiro atoms. The van der Waals surface area contributed by atoms with Crippen molar-refractivity contribution in [3.63, 3.8) is 0 Å². The highest BCUT2D eigenvalue weighted by atomic mass is 35.5. The van der Waals surface area contributed by atoms with E-state index in [0.717, 1.165) is 37.2 Å². The van der Waals surface area contributed by atoms with Gasteiger partial charge in [-0.15, -0.1) is 24.8 Å². The number of nitrogens with zero attached hydrogens (tertiary/aromatic N) is 2. The summed E-state index contributed by atoms with van der Waals surface area (Å²) in [6.45, 7) is 2.96. The van der Waals surface area contributed by atoms with Gasteiger partial charge in [-0.1, -0.05) is 24.3 Å². The summed E-state index contributed by atoms with van der Waals surface area (Å²) in [5, 5.41) is 6.49. The van der Waals surface area contributed by atoms with Crippen LogP contribution in [0, 0.1) is 0 Å². The average Bonchev–Trinajstić information content (AvgIpc) is 2.63. The maximum atomic E-state index is 12.5. The molecule has 1 aliphatic heterocycles. The molecule has 0 unspecified atom stereocenters. The number of carbonyl (C=O) groups is 1. The summed E-state index contributed by atoms with van der Waals surface area (Å²) >= 11 is 0. The van der Waals surface area contributed by atoms with E-state index in [-0.39, 0.29) is 36.8 Å². The van der Waals surface area contributed by atoms with Crippen LogP contribution in [0.3, 0.4) is 0 Å². The van der Waals surface area contributed by atoms with Crippen LogP contribution in [-0.2, 0) is 11.3 Å². The zero-order chi connectivity index (χ0) is 16.6. The Kier molecular flexibility index (Phi) is 10.0. The minimum atomic E-state index is 0. The second-order valence-electron chi connectivity index (χ2n) is 6.14. The zero-order valence-electron chi connectivity index (χ0n) is 14.6. The van der Waals surface area contributed by atoms with Crippen LogP contribution in [0.5, 0.6) is 0 Å². The van der Waals surface area contributed by atoms with Gasteiger partial charge >= 0.3 is 0 Å². The molecule has 2 N–H and O–H groups in total. The Bertz CT molecular complexity index is 637. The first kappa shape index (κ1) is 22.2. The van der Waals surface area contributed by atoms with E-state index in [1.165, 1.54) is 0 Å². The molecule has 2 aromatic rings. The Hall–Kier alpha value is -1.82. The van der Waals surface area contributed by atoms with E-state index in [0.29, 0.717) is 13.1 Å². The number of pyridine rings is 1. The molecule has 142 valence electrons. The molecule has 1 aromatic carbocycles. The predicted octanol–water partition coefficient (Wildman–Crippen LogP) is 2.80. The molecular weight excluding hydrogens is 371 g/mol. The predicted molar refractivity (Wildman–Crippen MR) is 110 cm³/mol. The number of carbonyl (C=O) groups excluding carboxylic acids is 1. The lowest BCUT2D eigenvalue weighted by Gasteiger charge is -2.27. The smallest absolute Gasteiger partial charge is 0.239 e. The summed E-state index contributed by atoms with van der Waals surface area (Å²) < 4.78 is 0. The first-order valence-corrected chi connectivity index (χ1v) is 8.50. The average molecular weight is 397 g/mol. The maximum Gasteiger partial charge on any atom is 0.239 e. The SMILES string of the molecule is Cl.Cl.O=C(CN(Cc1cccnc1)c1ccccc1)NC1CCNCC1. The van der Waals surface area contributed by atoms with Gasteiger partial charge in [-0.05, 0) is 49.7 Å². The van der Waals surface area contributed by atoms with E-state index >= 15 is 0 Å². The van der Waals surface area contributed by atoms with Crippen LogP contribution in [0.2, 0.25) is 0 Å². The maximum absolute atomic E-state index is 12.5. The fourth-order valence-corrected chi connectivity index (χ4v) is 3.00. The number of hydrogen-bond acceptors (Lipinski definition) is 4. The molecule has 1 aromatic heterocycles. The van der Waals surface area contributed by atoms with E-state index in [2.05, 4.69) is 20.5 Å². The third-order valence-electron chi connectivity index (χ3n) is 4.26. The first-order valence-electron chi connectivity index (χ1n) is 8.50. The summed E-state index contributed by atoms with van der Waals surface area (Å²) in [5.41, 5.74) is 2.14. The molecule has 0 radical (unpaired) electrons. The van der Waals surface area contributed by atoms with E-state index in [9.17, 15) is 4.79 Å². The minimum absolute atomic E-state index is 0. The van der Waals surface area contributed by atoms with E-state index in [1.807, 2.05) is 48.7 Å². The Balaban J connectivity index is 0.00000169. The van der Waals surface area contributed by atoms with Gasteiger partial charge in [0.05, 0.1) is 6.54 Å². The van der Waals surface area contributed by atoms with Crippen molar-refractivity contribution in [2.24, 2.45) is 0 Å². The van der Waals surface area contributed by atoms with E-state index in [4.69, 9.17) is 0 Å². The van der Waals surface area contributed by atoms with Crippen LogP contribution in [0.25, 0.3) is 0 Å². The van der Waals surface area contributed by atoms with Crippen LogP contribution < -0.4 is 15.5 Å². The highest BCUT2D eigenvalue weighted by molar-refractivity contribution is 5.85. The number of halogens is 2. The number of para-hydroxylation sites is 1. The van der Waals surface area contributed by atoms with Gasteiger partial charge in [0.25, 0.3) is 0 Å². The van der Waals surface area contributed by atoms with Crippen LogP contribution in [-0.4, -0.2) is 36.6 Å². The van der Waals surface area contributed by atoms with Gasteiger partial charge in [-0.2, -0.15) is 0 Å². The Morgan fingerprint density at radius 1 is 1.12 bits per heavy atom. The van der Waals surface area contributed by atoms with Crippen molar-refractivity contribution in [2.75, 3.05) is 24.5 Å². The van der Waals surface area contributed by atoms with Gasteiger partial charge in [-0.3, -0.25) is 9.78 Å². The molecule has 1 aliphatic rings. The lowest BCUT2D eigenvalue weighted by atomic mass is 10.1. The van der Waals surface area contributed by atoms with Crippen molar-refractivity contribution in [2.45, 2.75) is 25.4 Å². The van der Waals surface area contributed by atoms with Gasteiger partial charge in [0.2, 0.25) is 5.91 Å². The van der Waals surface area contributed by atoms with Crippen LogP contribution >= 0.6 is 24.8 Å². The number of piperidine rings is 1. The fraction of sp³-hybridized carbons (Fsp3) is 0.368. The molecule has 2 heterocycles. The number of benzene rings is 1. The van der Waals surface area contributed by atoms with Gasteiger partial charge in [0, 0.05) is 30.7 Å². The summed E-state index contributed by atoms with van der Waals surface area (Å²) in [6.07, 6.45) is 5.61. The highest BCUT2D eigenvalue weighted by Crippen LogP contribution is 2.16. The van der Waals surface area contributed by atoms with Crippen LogP contribution in [0.15, 0.2) is 54.9 Å². The molecule has 3 rings (SSSR count). The third-order valence-corrected chi connectivity index (χ3v) is 4.26. The summed E-state index contributed by atoms with van der Waals surface area (Å²) in [6, 6.07) is 14.3. The molecule has 7 heteroatoms. The van der Waals surface area contributed by atoms with Crippen LogP contribution in [0.1, 0.15) is 18.4 Å². The van der Waals surface area contributed by atoms with Crippen molar-refractivity contribution in [1.82, 2.24) is 15.6 Å². The lowest BCUT2D eigenvalue weighted by Crippen LogP contribution is -2.46. The summed E-state index contributed by atoms with van der Waals surface area (Å²) in [4.78, 5) is 18.8. The monoisotopic (exact) mass is 396 g/mol. The molecule has 0 aliphatic carbocycles. The number of hydrogen-bond donors (Lipinski definition) is 2. The molecule has 26 heavy (non-hydrogen) atoms. The quantitative estimate of drug-likeness (QED) is 0.787. The number of rotatable bonds is 6. The molecule has 1 fully saturated rings. The minimum Gasteiger partial charge on any atom is -0.358 e. The number of nitrogens with one attached hydrogen (secondary N) is 2. The topological polar surface area (TPSA) is 57.3 Å². The number of amides is 1.